The second-order valence-corrected chi connectivity index (χ2v) is 7.59. The summed E-state index contributed by atoms with van der Waals surface area (Å²) in [5.74, 6) is 1.51. The van der Waals surface area contributed by atoms with E-state index in [1.807, 2.05) is 16.7 Å². The minimum Gasteiger partial charge on any atom is -0.496 e. The molecular weight excluding hydrogens is 355 g/mol. The molecule has 2 fully saturated rings. The molecule has 0 spiro atoms. The van der Waals surface area contributed by atoms with Crippen LogP contribution in [0, 0.1) is 0 Å². The highest BCUT2D eigenvalue weighted by Gasteiger charge is 2.37. The second kappa shape index (κ2) is 7.86. The van der Waals surface area contributed by atoms with E-state index in [4.69, 9.17) is 22.1 Å². The molecule has 1 aliphatic heterocycles. The molecule has 3 rings (SSSR count). The lowest BCUT2D eigenvalue weighted by molar-refractivity contribution is 0.0643. The fourth-order valence-electron chi connectivity index (χ4n) is 3.41. The standard InChI is InChI=1S/C16H21ClN2O2S.ClH/c1-21-14-9-12(18)11(17)8-10(14)16(20)19-6-7-22-15-5-3-2-4-13(15)19;/h8-9,13,15H,2-7,18H2,1H3;1H. The first kappa shape index (κ1) is 18.6. The molecule has 2 aliphatic rings. The average molecular weight is 377 g/mol. The molecule has 1 amide bonds. The zero-order valence-electron chi connectivity index (χ0n) is 13.1. The van der Waals surface area contributed by atoms with Gasteiger partial charge in [0.15, 0.2) is 0 Å². The summed E-state index contributed by atoms with van der Waals surface area (Å²) in [5, 5.41) is 0.970. The Morgan fingerprint density at radius 3 is 2.87 bits per heavy atom. The van der Waals surface area contributed by atoms with Crippen molar-refractivity contribution < 1.29 is 9.53 Å². The van der Waals surface area contributed by atoms with Crippen molar-refractivity contribution in [3.8, 4) is 5.75 Å². The third kappa shape index (κ3) is 3.67. The first-order valence-corrected chi connectivity index (χ1v) is 9.10. The minimum atomic E-state index is 0. The normalized spacial score (nSPS) is 23.7. The summed E-state index contributed by atoms with van der Waals surface area (Å²) in [6, 6.07) is 3.60. The third-order valence-corrected chi connectivity index (χ3v) is 6.27. The number of benzene rings is 1. The maximum atomic E-state index is 13.0. The van der Waals surface area contributed by atoms with Gasteiger partial charge in [0.2, 0.25) is 0 Å². The number of carbonyl (C=O) groups excluding carboxylic acids is 1. The van der Waals surface area contributed by atoms with Crippen molar-refractivity contribution in [2.75, 3.05) is 25.1 Å². The number of fused-ring (bicyclic) bond motifs is 1. The Morgan fingerprint density at radius 1 is 1.39 bits per heavy atom. The van der Waals surface area contributed by atoms with Crippen molar-refractivity contribution in [2.24, 2.45) is 0 Å². The Bertz CT molecular complexity index is 583. The van der Waals surface area contributed by atoms with Crippen molar-refractivity contribution in [1.82, 2.24) is 4.90 Å². The van der Waals surface area contributed by atoms with E-state index in [0.29, 0.717) is 33.3 Å². The van der Waals surface area contributed by atoms with Crippen LogP contribution >= 0.6 is 35.8 Å². The van der Waals surface area contributed by atoms with E-state index >= 15 is 0 Å². The molecule has 1 aromatic carbocycles. The van der Waals surface area contributed by atoms with Gasteiger partial charge in [-0.25, -0.2) is 0 Å². The topological polar surface area (TPSA) is 55.6 Å². The number of thioether (sulfide) groups is 1. The number of nitrogen functional groups attached to an aromatic ring is 1. The van der Waals surface area contributed by atoms with Crippen LogP contribution in [0.4, 0.5) is 5.69 Å². The van der Waals surface area contributed by atoms with Gasteiger partial charge in [-0.1, -0.05) is 24.4 Å². The molecule has 1 aliphatic carbocycles. The molecule has 2 unspecified atom stereocenters. The lowest BCUT2D eigenvalue weighted by Crippen LogP contribution is -2.51. The van der Waals surface area contributed by atoms with Gasteiger partial charge < -0.3 is 15.4 Å². The van der Waals surface area contributed by atoms with Gasteiger partial charge in [0.05, 0.1) is 23.4 Å². The van der Waals surface area contributed by atoms with Gasteiger partial charge in [-0.3, -0.25) is 4.79 Å². The smallest absolute Gasteiger partial charge is 0.257 e. The lowest BCUT2D eigenvalue weighted by atomic mass is 9.92. The van der Waals surface area contributed by atoms with Crippen molar-refractivity contribution >= 4 is 47.4 Å². The van der Waals surface area contributed by atoms with E-state index in [1.165, 1.54) is 19.3 Å². The Balaban J connectivity index is 0.00000192. The number of nitrogens with zero attached hydrogens (tertiary/aromatic N) is 1. The van der Waals surface area contributed by atoms with Crippen molar-refractivity contribution in [3.63, 3.8) is 0 Å². The van der Waals surface area contributed by atoms with Crippen LogP contribution in [0.5, 0.6) is 5.75 Å². The first-order chi connectivity index (χ1) is 10.6. The molecule has 2 N–H and O–H groups in total. The Kier molecular flexibility index (Phi) is 6.34. The molecule has 1 aromatic rings. The van der Waals surface area contributed by atoms with Crippen LogP contribution in [0.3, 0.4) is 0 Å². The lowest BCUT2D eigenvalue weighted by Gasteiger charge is -2.43. The summed E-state index contributed by atoms with van der Waals surface area (Å²) in [7, 11) is 1.55. The van der Waals surface area contributed by atoms with Crippen molar-refractivity contribution in [3.05, 3.63) is 22.7 Å². The molecule has 0 aromatic heterocycles. The molecule has 4 nitrogen and oxygen atoms in total. The van der Waals surface area contributed by atoms with Gasteiger partial charge in [-0.15, -0.1) is 12.4 Å². The van der Waals surface area contributed by atoms with Gasteiger partial charge in [0.1, 0.15) is 5.75 Å². The van der Waals surface area contributed by atoms with E-state index in [1.54, 1.807) is 19.2 Å². The highest BCUT2D eigenvalue weighted by atomic mass is 35.5. The summed E-state index contributed by atoms with van der Waals surface area (Å²) in [6.07, 6.45) is 4.77. The molecule has 1 saturated carbocycles. The number of nitrogens with two attached hydrogens (primary N) is 1. The Labute approximate surface area is 152 Å². The number of hydrogen-bond donors (Lipinski definition) is 1. The molecule has 0 bridgehead atoms. The third-order valence-electron chi connectivity index (χ3n) is 4.54. The van der Waals surface area contributed by atoms with Crippen LogP contribution < -0.4 is 10.5 Å². The van der Waals surface area contributed by atoms with Crippen LogP contribution in [0.2, 0.25) is 5.02 Å². The molecule has 0 radical (unpaired) electrons. The zero-order chi connectivity index (χ0) is 15.7. The van der Waals surface area contributed by atoms with Crippen LogP contribution in [0.25, 0.3) is 0 Å². The van der Waals surface area contributed by atoms with E-state index in [2.05, 4.69) is 0 Å². The molecule has 1 saturated heterocycles. The van der Waals surface area contributed by atoms with E-state index in [9.17, 15) is 4.79 Å². The molecule has 128 valence electrons. The fraction of sp³-hybridized carbons (Fsp3) is 0.562. The highest BCUT2D eigenvalue weighted by molar-refractivity contribution is 8.00. The monoisotopic (exact) mass is 376 g/mol. The van der Waals surface area contributed by atoms with Crippen molar-refractivity contribution in [1.29, 1.82) is 0 Å². The van der Waals surface area contributed by atoms with Gasteiger partial charge in [0, 0.05) is 29.7 Å². The molecule has 7 heteroatoms. The molecule has 23 heavy (non-hydrogen) atoms. The average Bonchev–Trinajstić information content (AvgIpc) is 2.55. The highest BCUT2D eigenvalue weighted by Crippen LogP contribution is 2.37. The van der Waals surface area contributed by atoms with Crippen LogP contribution in [0.15, 0.2) is 12.1 Å². The summed E-state index contributed by atoms with van der Waals surface area (Å²) in [6.45, 7) is 0.788. The predicted molar refractivity (Wildman–Crippen MR) is 99.2 cm³/mol. The van der Waals surface area contributed by atoms with Crippen LogP contribution in [0.1, 0.15) is 36.0 Å². The summed E-state index contributed by atoms with van der Waals surface area (Å²) >= 11 is 8.12. The number of halogens is 2. The van der Waals surface area contributed by atoms with Gasteiger partial charge >= 0.3 is 0 Å². The number of hydrogen-bond acceptors (Lipinski definition) is 4. The van der Waals surface area contributed by atoms with Crippen molar-refractivity contribution in [2.45, 2.75) is 37.0 Å². The number of anilines is 1. The van der Waals surface area contributed by atoms with E-state index in [0.717, 1.165) is 18.7 Å². The largest absolute Gasteiger partial charge is 0.496 e. The molecular formula is C16H22Cl2N2O2S. The second-order valence-electron chi connectivity index (χ2n) is 5.83. The number of amides is 1. The van der Waals surface area contributed by atoms with Crippen LogP contribution in [-0.2, 0) is 0 Å². The predicted octanol–water partition coefficient (Wildman–Crippen LogP) is 3.85. The number of ether oxygens (including phenoxy) is 1. The summed E-state index contributed by atoms with van der Waals surface area (Å²) < 4.78 is 5.34. The van der Waals surface area contributed by atoms with Crippen LogP contribution in [-0.4, -0.2) is 41.5 Å². The molecule has 2 atom stereocenters. The maximum absolute atomic E-state index is 13.0. The zero-order valence-corrected chi connectivity index (χ0v) is 15.5. The number of methoxy groups -OCH3 is 1. The SMILES string of the molecule is COc1cc(N)c(Cl)cc1C(=O)N1CCSC2CCCCC21.Cl. The number of rotatable bonds is 2. The molecule has 1 heterocycles. The Morgan fingerprint density at radius 2 is 2.13 bits per heavy atom. The number of carbonyl (C=O) groups is 1. The van der Waals surface area contributed by atoms with E-state index < -0.39 is 0 Å². The minimum absolute atomic E-state index is 0. The van der Waals surface area contributed by atoms with Gasteiger partial charge in [0.25, 0.3) is 5.91 Å². The summed E-state index contributed by atoms with van der Waals surface area (Å²) in [5.41, 5.74) is 6.75. The van der Waals surface area contributed by atoms with Gasteiger partial charge in [-0.2, -0.15) is 11.8 Å². The quantitative estimate of drug-likeness (QED) is 0.796. The maximum Gasteiger partial charge on any atom is 0.257 e. The fourth-order valence-corrected chi connectivity index (χ4v) is 5.02. The summed E-state index contributed by atoms with van der Waals surface area (Å²) in [4.78, 5) is 15.1. The Hall–Kier alpha value is -0.780. The van der Waals surface area contributed by atoms with Gasteiger partial charge in [-0.05, 0) is 18.9 Å². The first-order valence-electron chi connectivity index (χ1n) is 7.67. The van der Waals surface area contributed by atoms with E-state index in [-0.39, 0.29) is 18.3 Å².